The van der Waals surface area contributed by atoms with Crippen LogP contribution in [0.3, 0.4) is 0 Å². The molecule has 0 spiro atoms. The number of rotatable bonds is 5. The van der Waals surface area contributed by atoms with E-state index in [0.717, 1.165) is 41.5 Å². The second kappa shape index (κ2) is 10.9. The maximum absolute atomic E-state index is 7.76. The predicted octanol–water partition coefficient (Wildman–Crippen LogP) is 7.76. The van der Waals surface area contributed by atoms with Gasteiger partial charge in [0.05, 0.1) is 19.9 Å². The topological polar surface area (TPSA) is 34.2 Å². The highest BCUT2D eigenvalue weighted by Gasteiger charge is 2.52. The molecule has 248 valence electrons. The van der Waals surface area contributed by atoms with E-state index in [4.69, 9.17) is 14.2 Å². The number of methoxy groups -OCH3 is 2. The van der Waals surface area contributed by atoms with E-state index in [0.29, 0.717) is 17.8 Å². The first-order valence-electron chi connectivity index (χ1n) is 18.3. The molecule has 3 aliphatic heterocycles. The Labute approximate surface area is 289 Å². The van der Waals surface area contributed by atoms with Gasteiger partial charge in [0.1, 0.15) is 17.3 Å². The van der Waals surface area contributed by atoms with E-state index < -0.39 is 5.60 Å². The van der Waals surface area contributed by atoms with Gasteiger partial charge in [-0.2, -0.15) is 0 Å². The molecule has 5 nitrogen and oxygen atoms in total. The van der Waals surface area contributed by atoms with Gasteiger partial charge >= 0.3 is 0 Å². The summed E-state index contributed by atoms with van der Waals surface area (Å²) in [4.78, 5) is 5.10. The third kappa shape index (κ3) is 4.11. The molecule has 1 saturated heterocycles. The second-order valence-corrected chi connectivity index (χ2v) is 14.9. The van der Waals surface area contributed by atoms with Crippen molar-refractivity contribution in [1.29, 1.82) is 0 Å². The summed E-state index contributed by atoms with van der Waals surface area (Å²) in [6.07, 6.45) is 12.5. The van der Waals surface area contributed by atoms with E-state index in [1.54, 1.807) is 25.4 Å². The fourth-order valence-corrected chi connectivity index (χ4v) is 10.5. The highest BCUT2D eigenvalue weighted by atomic mass is 16.5. The summed E-state index contributed by atoms with van der Waals surface area (Å²) in [5.41, 5.74) is 10.0. The number of benzene rings is 4. The molecule has 2 fully saturated rings. The summed E-state index contributed by atoms with van der Waals surface area (Å²) in [5.74, 6) is 4.56. The number of hydrogen-bond acceptors (Lipinski definition) is 5. The van der Waals surface area contributed by atoms with Crippen LogP contribution in [0.4, 0.5) is 17.1 Å². The maximum Gasteiger partial charge on any atom is 0.177 e. The van der Waals surface area contributed by atoms with Crippen molar-refractivity contribution in [3.8, 4) is 11.5 Å². The predicted molar refractivity (Wildman–Crippen MR) is 196 cm³/mol. The third-order valence-electron chi connectivity index (χ3n) is 12.7. The van der Waals surface area contributed by atoms with Gasteiger partial charge in [0.2, 0.25) is 0 Å². The Hall–Kier alpha value is -4.64. The van der Waals surface area contributed by atoms with Crippen LogP contribution < -0.4 is 29.7 Å². The standard InChI is InChI=1S/C44H44N2O3/c1-45-37-12-8-11-34-32-9-7-10-33(32)39-35-21-22-44(27-13-17-30(47-2)18-14-27,28-15-19-31(48-3)20-16-28)49-43(35)36-25-29(46-23-5-4-6-24-46)26-38(45)41(36)42(39)40(34)37/h8,11-22,25-26,32-33,35,39H,4-7,9-10,23-24H2,1-3H3. The van der Waals surface area contributed by atoms with E-state index in [9.17, 15) is 0 Å². The summed E-state index contributed by atoms with van der Waals surface area (Å²) < 4.78 is 18.9. The van der Waals surface area contributed by atoms with Gasteiger partial charge < -0.3 is 24.0 Å². The highest BCUT2D eigenvalue weighted by molar-refractivity contribution is 5.93. The number of anilines is 3. The summed E-state index contributed by atoms with van der Waals surface area (Å²) >= 11 is 0. The zero-order chi connectivity index (χ0) is 32.9. The number of nitrogens with zero attached hydrogens (tertiary/aromatic N) is 2. The van der Waals surface area contributed by atoms with Crippen molar-refractivity contribution in [2.45, 2.75) is 50.0 Å². The van der Waals surface area contributed by atoms with Crippen molar-refractivity contribution in [1.82, 2.24) is 0 Å². The minimum atomic E-state index is -0.802. The molecular weight excluding hydrogens is 604 g/mol. The molecule has 5 heteroatoms. The van der Waals surface area contributed by atoms with Crippen molar-refractivity contribution in [3.63, 3.8) is 0 Å². The number of ether oxygens (including phenoxy) is 3. The van der Waals surface area contributed by atoms with Crippen molar-refractivity contribution in [2.75, 3.05) is 44.2 Å². The zero-order valence-electron chi connectivity index (χ0n) is 28.7. The lowest BCUT2D eigenvalue weighted by atomic mass is 9.59. The van der Waals surface area contributed by atoms with Gasteiger partial charge in [0, 0.05) is 70.5 Å². The molecule has 0 radical (unpaired) electrons. The lowest BCUT2D eigenvalue weighted by Gasteiger charge is -2.50. The number of hydrogen-bond donors (Lipinski definition) is 0. The Bertz CT molecular complexity index is 2080. The van der Waals surface area contributed by atoms with Crippen LogP contribution in [0.15, 0.2) is 91.0 Å². The maximum atomic E-state index is 7.76. The molecule has 10 rings (SSSR count). The summed E-state index contributed by atoms with van der Waals surface area (Å²) in [7, 11) is 5.73. The Kier molecular flexibility index (Phi) is 6.54. The molecule has 3 aliphatic carbocycles. The van der Waals surface area contributed by atoms with Crippen LogP contribution in [-0.4, -0.2) is 34.4 Å². The summed E-state index contributed by atoms with van der Waals surface area (Å²) in [6, 6.07) is 29.0. The smallest absolute Gasteiger partial charge is 0.177 e. The highest BCUT2D eigenvalue weighted by Crippen LogP contribution is 2.61. The molecule has 49 heavy (non-hydrogen) atoms. The van der Waals surface area contributed by atoms with E-state index in [1.165, 1.54) is 71.6 Å². The average Bonchev–Trinajstić information content (AvgIpc) is 3.67. The van der Waals surface area contributed by atoms with Gasteiger partial charge in [0.25, 0.3) is 0 Å². The molecule has 4 aromatic carbocycles. The lowest BCUT2D eigenvalue weighted by Crippen LogP contribution is -2.51. The molecule has 4 atom stereocenters. The number of fused-ring (bicyclic) bond motifs is 5. The Morgan fingerprint density at radius 2 is 1.49 bits per heavy atom. The average molecular weight is 649 g/mol. The molecular formula is C44H44N2O3. The lowest BCUT2D eigenvalue weighted by molar-refractivity contribution is 0.0903. The molecule has 3 heterocycles. The zero-order valence-corrected chi connectivity index (χ0v) is 28.7. The SMILES string of the molecule is COc1ccc(C2(c3ccc(OC)cc3)C=CC3C(=c4cc(N5CCCCC5)cc5c4=C4c6c(cccc6N5C)C5CCCC5C43)O2)cc1. The molecule has 6 aliphatic rings. The van der Waals surface area contributed by atoms with Gasteiger partial charge in [-0.15, -0.1) is 0 Å². The number of piperidine rings is 1. The van der Waals surface area contributed by atoms with Crippen LogP contribution in [0.25, 0.3) is 11.3 Å². The van der Waals surface area contributed by atoms with E-state index in [1.807, 2.05) is 0 Å². The Balaban J connectivity index is 1.29. The van der Waals surface area contributed by atoms with Crippen LogP contribution in [0.2, 0.25) is 0 Å². The third-order valence-corrected chi connectivity index (χ3v) is 12.7. The fourth-order valence-electron chi connectivity index (χ4n) is 10.5. The van der Waals surface area contributed by atoms with Crippen molar-refractivity contribution in [3.05, 3.63) is 124 Å². The molecule has 0 aromatic heterocycles. The molecule has 0 N–H and O–H groups in total. The van der Waals surface area contributed by atoms with Crippen LogP contribution in [0.5, 0.6) is 11.5 Å². The monoisotopic (exact) mass is 648 g/mol. The summed E-state index contributed by atoms with van der Waals surface area (Å²) in [6.45, 7) is 2.21. The van der Waals surface area contributed by atoms with Gasteiger partial charge in [-0.3, -0.25) is 0 Å². The first kappa shape index (κ1) is 29.3. The van der Waals surface area contributed by atoms with Crippen molar-refractivity contribution >= 4 is 28.4 Å². The Morgan fingerprint density at radius 3 is 2.18 bits per heavy atom. The van der Waals surface area contributed by atoms with E-state index in [2.05, 4.69) is 108 Å². The molecule has 4 aromatic rings. The van der Waals surface area contributed by atoms with E-state index >= 15 is 0 Å². The normalized spacial score (nSPS) is 25.3. The summed E-state index contributed by atoms with van der Waals surface area (Å²) in [5, 5.41) is 2.67. The van der Waals surface area contributed by atoms with E-state index in [-0.39, 0.29) is 5.92 Å². The minimum absolute atomic E-state index is 0.173. The molecule has 0 amide bonds. The quantitative estimate of drug-likeness (QED) is 0.207. The second-order valence-electron chi connectivity index (χ2n) is 14.9. The van der Waals surface area contributed by atoms with Crippen molar-refractivity contribution < 1.29 is 14.2 Å². The van der Waals surface area contributed by atoms with Crippen LogP contribution in [0.1, 0.15) is 66.7 Å². The molecule has 1 saturated carbocycles. The van der Waals surface area contributed by atoms with Crippen LogP contribution >= 0.6 is 0 Å². The van der Waals surface area contributed by atoms with Gasteiger partial charge in [-0.1, -0.05) is 48.9 Å². The molecule has 0 bridgehead atoms. The van der Waals surface area contributed by atoms with Gasteiger partial charge in [-0.05, 0) is 104 Å². The van der Waals surface area contributed by atoms with Crippen LogP contribution in [-0.2, 0) is 10.3 Å². The van der Waals surface area contributed by atoms with Crippen molar-refractivity contribution in [2.24, 2.45) is 17.8 Å². The van der Waals surface area contributed by atoms with Crippen LogP contribution in [0, 0.1) is 17.8 Å². The first-order valence-corrected chi connectivity index (χ1v) is 18.3. The Morgan fingerprint density at radius 1 is 0.776 bits per heavy atom. The molecule has 4 unspecified atom stereocenters. The van der Waals surface area contributed by atoms with Gasteiger partial charge in [0.15, 0.2) is 5.60 Å². The minimum Gasteiger partial charge on any atom is -0.497 e. The fraction of sp³-hybridized carbons (Fsp3) is 0.364. The first-order chi connectivity index (χ1) is 24.1. The largest absolute Gasteiger partial charge is 0.497 e. The van der Waals surface area contributed by atoms with Gasteiger partial charge in [-0.25, -0.2) is 0 Å².